The van der Waals surface area contributed by atoms with Crippen LogP contribution >= 0.6 is 0 Å². The molecule has 0 aliphatic heterocycles. The van der Waals surface area contributed by atoms with Gasteiger partial charge < -0.3 is 11.1 Å². The average Bonchev–Trinajstić information content (AvgIpc) is 2.30. The number of nitrogen functional groups attached to an aromatic ring is 1. The standard InChI is InChI=1S/C12H11F3N4/c1-7-2-3-8(12(13,14)15)6-9(7)18-11-17-5-4-10(16)19-11/h2-6H,1H3,(H3,16,17,18,19). The van der Waals surface area contributed by atoms with Crippen LogP contribution in [-0.4, -0.2) is 9.97 Å². The van der Waals surface area contributed by atoms with Crippen molar-refractivity contribution >= 4 is 17.5 Å². The Labute approximate surface area is 107 Å². The van der Waals surface area contributed by atoms with Crippen molar-refractivity contribution in [3.63, 3.8) is 0 Å². The van der Waals surface area contributed by atoms with Gasteiger partial charge in [0.15, 0.2) is 0 Å². The summed E-state index contributed by atoms with van der Waals surface area (Å²) in [4.78, 5) is 7.76. The Hall–Kier alpha value is -2.31. The van der Waals surface area contributed by atoms with E-state index in [-0.39, 0.29) is 11.8 Å². The number of nitrogens with zero attached hydrogens (tertiary/aromatic N) is 2. The van der Waals surface area contributed by atoms with E-state index >= 15 is 0 Å². The van der Waals surface area contributed by atoms with Gasteiger partial charge in [-0.15, -0.1) is 0 Å². The quantitative estimate of drug-likeness (QED) is 0.878. The molecule has 0 atom stereocenters. The van der Waals surface area contributed by atoms with Crippen molar-refractivity contribution in [1.29, 1.82) is 0 Å². The van der Waals surface area contributed by atoms with Crippen LogP contribution in [0.15, 0.2) is 30.5 Å². The summed E-state index contributed by atoms with van der Waals surface area (Å²) in [5.41, 5.74) is 5.69. The summed E-state index contributed by atoms with van der Waals surface area (Å²) in [5.74, 6) is 0.393. The molecule has 2 rings (SSSR count). The molecule has 0 bridgehead atoms. The number of aryl methyl sites for hydroxylation is 1. The molecule has 0 spiro atoms. The van der Waals surface area contributed by atoms with Crippen molar-refractivity contribution in [2.24, 2.45) is 0 Å². The first kappa shape index (κ1) is 13.1. The monoisotopic (exact) mass is 268 g/mol. The molecule has 100 valence electrons. The smallest absolute Gasteiger partial charge is 0.384 e. The van der Waals surface area contributed by atoms with Crippen molar-refractivity contribution in [3.8, 4) is 0 Å². The summed E-state index contributed by atoms with van der Waals surface area (Å²) in [7, 11) is 0. The van der Waals surface area contributed by atoms with E-state index in [1.807, 2.05) is 0 Å². The first-order chi connectivity index (χ1) is 8.86. The summed E-state index contributed by atoms with van der Waals surface area (Å²) >= 11 is 0. The molecule has 2 aromatic rings. The van der Waals surface area contributed by atoms with Crippen LogP contribution < -0.4 is 11.1 Å². The lowest BCUT2D eigenvalue weighted by Crippen LogP contribution is -2.07. The number of hydrogen-bond donors (Lipinski definition) is 2. The second kappa shape index (κ2) is 4.75. The number of hydrogen-bond acceptors (Lipinski definition) is 4. The van der Waals surface area contributed by atoms with Crippen LogP contribution in [0.3, 0.4) is 0 Å². The Morgan fingerprint density at radius 2 is 1.95 bits per heavy atom. The summed E-state index contributed by atoms with van der Waals surface area (Å²) in [6.07, 6.45) is -2.96. The molecule has 0 saturated heterocycles. The maximum absolute atomic E-state index is 12.6. The molecule has 19 heavy (non-hydrogen) atoms. The number of rotatable bonds is 2. The van der Waals surface area contributed by atoms with E-state index in [9.17, 15) is 13.2 Å². The van der Waals surface area contributed by atoms with Gasteiger partial charge in [-0.3, -0.25) is 0 Å². The molecule has 0 radical (unpaired) electrons. The van der Waals surface area contributed by atoms with Crippen LogP contribution in [0.4, 0.5) is 30.6 Å². The van der Waals surface area contributed by atoms with Gasteiger partial charge in [-0.05, 0) is 30.7 Å². The van der Waals surface area contributed by atoms with Crippen molar-refractivity contribution in [2.75, 3.05) is 11.1 Å². The fourth-order valence-corrected chi connectivity index (χ4v) is 1.49. The zero-order valence-corrected chi connectivity index (χ0v) is 9.99. The van der Waals surface area contributed by atoms with Crippen molar-refractivity contribution in [3.05, 3.63) is 41.6 Å². The van der Waals surface area contributed by atoms with E-state index in [4.69, 9.17) is 5.73 Å². The highest BCUT2D eigenvalue weighted by Crippen LogP contribution is 2.32. The molecule has 3 N–H and O–H groups in total. The molecule has 1 aromatic carbocycles. The molecule has 0 saturated carbocycles. The van der Waals surface area contributed by atoms with Crippen molar-refractivity contribution in [1.82, 2.24) is 9.97 Å². The van der Waals surface area contributed by atoms with Gasteiger partial charge in [0.1, 0.15) is 5.82 Å². The second-order valence-electron chi connectivity index (χ2n) is 3.96. The first-order valence-electron chi connectivity index (χ1n) is 5.39. The molecular formula is C12H11F3N4. The number of alkyl halides is 3. The van der Waals surface area contributed by atoms with Gasteiger partial charge in [-0.25, -0.2) is 4.98 Å². The van der Waals surface area contributed by atoms with Gasteiger partial charge in [0.05, 0.1) is 5.56 Å². The van der Waals surface area contributed by atoms with Gasteiger partial charge in [-0.1, -0.05) is 6.07 Å². The third-order valence-electron chi connectivity index (χ3n) is 2.49. The van der Waals surface area contributed by atoms with E-state index < -0.39 is 11.7 Å². The Morgan fingerprint density at radius 1 is 1.21 bits per heavy atom. The molecule has 0 aliphatic rings. The largest absolute Gasteiger partial charge is 0.416 e. The number of benzene rings is 1. The fraction of sp³-hybridized carbons (Fsp3) is 0.167. The molecule has 7 heteroatoms. The maximum atomic E-state index is 12.6. The second-order valence-corrected chi connectivity index (χ2v) is 3.96. The topological polar surface area (TPSA) is 63.8 Å². The van der Waals surface area contributed by atoms with Crippen LogP contribution in [0, 0.1) is 6.92 Å². The molecule has 0 fully saturated rings. The number of aromatic nitrogens is 2. The van der Waals surface area contributed by atoms with E-state index in [1.54, 1.807) is 6.92 Å². The third kappa shape index (κ3) is 3.12. The average molecular weight is 268 g/mol. The van der Waals surface area contributed by atoms with Crippen LogP contribution in [0.1, 0.15) is 11.1 Å². The normalized spacial score (nSPS) is 11.4. The van der Waals surface area contributed by atoms with Gasteiger partial charge in [0, 0.05) is 11.9 Å². The van der Waals surface area contributed by atoms with Gasteiger partial charge in [0.25, 0.3) is 0 Å². The number of nitrogens with one attached hydrogen (secondary N) is 1. The van der Waals surface area contributed by atoms with Gasteiger partial charge >= 0.3 is 6.18 Å². The third-order valence-corrected chi connectivity index (χ3v) is 2.49. The van der Waals surface area contributed by atoms with Gasteiger partial charge in [0.2, 0.25) is 5.95 Å². The number of anilines is 3. The van der Waals surface area contributed by atoms with Crippen LogP contribution in [-0.2, 0) is 6.18 Å². The molecule has 4 nitrogen and oxygen atoms in total. The molecule has 0 amide bonds. The highest BCUT2D eigenvalue weighted by molar-refractivity contribution is 5.60. The lowest BCUT2D eigenvalue weighted by molar-refractivity contribution is -0.137. The van der Waals surface area contributed by atoms with E-state index in [2.05, 4.69) is 15.3 Å². The minimum atomic E-state index is -4.39. The summed E-state index contributed by atoms with van der Waals surface area (Å²) in [6.45, 7) is 1.69. The number of halogens is 3. The van der Waals surface area contributed by atoms with Gasteiger partial charge in [-0.2, -0.15) is 18.2 Å². The molecule has 1 aromatic heterocycles. The van der Waals surface area contributed by atoms with E-state index in [0.29, 0.717) is 11.3 Å². The summed E-state index contributed by atoms with van der Waals surface area (Å²) in [6, 6.07) is 4.92. The zero-order chi connectivity index (χ0) is 14.0. The van der Waals surface area contributed by atoms with E-state index in [0.717, 1.165) is 12.1 Å². The van der Waals surface area contributed by atoms with Crippen LogP contribution in [0.25, 0.3) is 0 Å². The highest BCUT2D eigenvalue weighted by Gasteiger charge is 2.30. The minimum Gasteiger partial charge on any atom is -0.384 e. The highest BCUT2D eigenvalue weighted by atomic mass is 19.4. The lowest BCUT2D eigenvalue weighted by Gasteiger charge is -2.12. The van der Waals surface area contributed by atoms with Crippen LogP contribution in [0.2, 0.25) is 0 Å². The summed E-state index contributed by atoms with van der Waals surface area (Å²) in [5, 5.41) is 2.72. The predicted molar refractivity (Wildman–Crippen MR) is 65.9 cm³/mol. The SMILES string of the molecule is Cc1ccc(C(F)(F)F)cc1Nc1nccc(N)n1. The predicted octanol–water partition coefficient (Wildman–Crippen LogP) is 3.13. The lowest BCUT2D eigenvalue weighted by atomic mass is 10.1. The van der Waals surface area contributed by atoms with Crippen molar-refractivity contribution in [2.45, 2.75) is 13.1 Å². The Kier molecular flexibility index (Phi) is 3.28. The Morgan fingerprint density at radius 3 is 2.58 bits per heavy atom. The molecular weight excluding hydrogens is 257 g/mol. The summed E-state index contributed by atoms with van der Waals surface area (Å²) < 4.78 is 37.9. The molecule has 0 unspecified atom stereocenters. The maximum Gasteiger partial charge on any atom is 0.416 e. The Balaban J connectivity index is 2.34. The fourth-order valence-electron chi connectivity index (χ4n) is 1.49. The van der Waals surface area contributed by atoms with E-state index in [1.165, 1.54) is 18.3 Å². The first-order valence-corrected chi connectivity index (χ1v) is 5.39. The zero-order valence-electron chi connectivity index (χ0n) is 9.99. The Bertz CT molecular complexity index is 596. The molecule has 0 aliphatic carbocycles. The molecule has 1 heterocycles. The number of nitrogens with two attached hydrogens (primary N) is 1. The van der Waals surface area contributed by atoms with Crippen molar-refractivity contribution < 1.29 is 13.2 Å². The van der Waals surface area contributed by atoms with Crippen LogP contribution in [0.5, 0.6) is 0 Å². The minimum absolute atomic E-state index is 0.155.